The van der Waals surface area contributed by atoms with E-state index in [-0.39, 0.29) is 0 Å². The van der Waals surface area contributed by atoms with Crippen molar-refractivity contribution in [2.75, 3.05) is 29.7 Å². The molecule has 1 aromatic heterocycles. The number of nitrogens with zero attached hydrogens (tertiary/aromatic N) is 4. The molecule has 1 heterocycles. The first kappa shape index (κ1) is 13.7. The molecule has 7 nitrogen and oxygen atoms in total. The monoisotopic (exact) mass is 371 g/mol. The molecule has 0 saturated heterocycles. The predicted molar refractivity (Wildman–Crippen MR) is 84.4 cm³/mol. The minimum atomic E-state index is 0.312. The van der Waals surface area contributed by atoms with Gasteiger partial charge in [0.05, 0.1) is 0 Å². The molecule has 1 aromatic carbocycles. The van der Waals surface area contributed by atoms with Gasteiger partial charge in [-0.25, -0.2) is 5.84 Å². The third-order valence-corrected chi connectivity index (χ3v) is 2.97. The second-order valence-corrected chi connectivity index (χ2v) is 5.20. The van der Waals surface area contributed by atoms with E-state index < -0.39 is 0 Å². The van der Waals surface area contributed by atoms with Crippen LogP contribution in [0.4, 0.5) is 23.5 Å². The molecule has 4 N–H and O–H groups in total. The van der Waals surface area contributed by atoms with Crippen LogP contribution in [0.1, 0.15) is 0 Å². The lowest BCUT2D eigenvalue weighted by Gasteiger charge is -2.13. The van der Waals surface area contributed by atoms with Gasteiger partial charge in [-0.1, -0.05) is 0 Å². The number of hydrogen-bond donors (Lipinski definition) is 3. The van der Waals surface area contributed by atoms with Gasteiger partial charge in [-0.05, 0) is 46.9 Å². The second kappa shape index (κ2) is 5.97. The third-order valence-electron chi connectivity index (χ3n) is 2.25. The molecular formula is C11H14IN7. The average Bonchev–Trinajstić information content (AvgIpc) is 2.41. The van der Waals surface area contributed by atoms with Crippen LogP contribution in [0.3, 0.4) is 0 Å². The summed E-state index contributed by atoms with van der Waals surface area (Å²) in [6, 6.07) is 7.91. The Bertz CT molecular complexity index is 555. The number of hydrazine groups is 1. The molecule has 0 aliphatic carbocycles. The maximum atomic E-state index is 5.35. The maximum Gasteiger partial charge on any atom is 0.243 e. The van der Waals surface area contributed by atoms with Crippen LogP contribution in [0.15, 0.2) is 24.3 Å². The lowest BCUT2D eigenvalue weighted by atomic mass is 10.3. The molecule has 8 heteroatoms. The Hall–Kier alpha value is -1.68. The highest BCUT2D eigenvalue weighted by Gasteiger charge is 2.07. The maximum absolute atomic E-state index is 5.35. The first-order valence-electron chi connectivity index (χ1n) is 5.51. The number of nitrogens with two attached hydrogens (primary N) is 1. The van der Waals surface area contributed by atoms with Gasteiger partial charge in [0.2, 0.25) is 17.8 Å². The van der Waals surface area contributed by atoms with Crippen molar-refractivity contribution in [1.29, 1.82) is 0 Å². The largest absolute Gasteiger partial charge is 0.347 e. The molecule has 0 atom stereocenters. The minimum Gasteiger partial charge on any atom is -0.347 e. The quantitative estimate of drug-likeness (QED) is 0.427. The Morgan fingerprint density at radius 3 is 2.26 bits per heavy atom. The van der Waals surface area contributed by atoms with Gasteiger partial charge in [0, 0.05) is 23.4 Å². The molecule has 2 rings (SSSR count). The first-order valence-corrected chi connectivity index (χ1v) is 6.59. The summed E-state index contributed by atoms with van der Waals surface area (Å²) in [5.74, 6) is 6.62. The van der Waals surface area contributed by atoms with Crippen molar-refractivity contribution in [3.05, 3.63) is 27.8 Å². The summed E-state index contributed by atoms with van der Waals surface area (Å²) in [6.45, 7) is 0. The topological polar surface area (TPSA) is 92.0 Å². The van der Waals surface area contributed by atoms with E-state index in [1.165, 1.54) is 0 Å². The van der Waals surface area contributed by atoms with E-state index in [1.54, 1.807) is 4.90 Å². The molecule has 0 fully saturated rings. The van der Waals surface area contributed by atoms with E-state index >= 15 is 0 Å². The Labute approximate surface area is 124 Å². The number of hydrogen-bond acceptors (Lipinski definition) is 7. The van der Waals surface area contributed by atoms with E-state index in [9.17, 15) is 0 Å². The van der Waals surface area contributed by atoms with Gasteiger partial charge in [0.1, 0.15) is 0 Å². The van der Waals surface area contributed by atoms with E-state index in [1.807, 2.05) is 38.4 Å². The molecule has 19 heavy (non-hydrogen) atoms. The van der Waals surface area contributed by atoms with Gasteiger partial charge in [-0.15, -0.1) is 0 Å². The van der Waals surface area contributed by atoms with Crippen LogP contribution in [-0.4, -0.2) is 29.0 Å². The Morgan fingerprint density at radius 1 is 1.05 bits per heavy atom. The van der Waals surface area contributed by atoms with Crippen LogP contribution in [0.5, 0.6) is 0 Å². The standard InChI is InChI=1S/C11H14IN7/c1-19(2)11-16-9(15-10(17-11)18-13)14-8-5-3-7(12)4-6-8/h3-6H,13H2,1-2H3,(H2,14,15,16,17,18). The van der Waals surface area contributed by atoms with Crippen LogP contribution in [0.2, 0.25) is 0 Å². The highest BCUT2D eigenvalue weighted by molar-refractivity contribution is 14.1. The van der Waals surface area contributed by atoms with Crippen molar-refractivity contribution in [2.24, 2.45) is 5.84 Å². The van der Waals surface area contributed by atoms with E-state index in [0.717, 1.165) is 9.26 Å². The molecule has 100 valence electrons. The summed E-state index contributed by atoms with van der Waals surface area (Å²) < 4.78 is 1.16. The number of nitrogen functional groups attached to an aromatic ring is 1. The number of rotatable bonds is 4. The van der Waals surface area contributed by atoms with Crippen LogP contribution < -0.4 is 21.5 Å². The number of aromatic nitrogens is 3. The van der Waals surface area contributed by atoms with Crippen molar-refractivity contribution in [3.63, 3.8) is 0 Å². The number of halogens is 1. The fourth-order valence-corrected chi connectivity index (χ4v) is 1.71. The summed E-state index contributed by atoms with van der Waals surface area (Å²) in [6.07, 6.45) is 0. The highest BCUT2D eigenvalue weighted by atomic mass is 127. The van der Waals surface area contributed by atoms with Gasteiger partial charge in [0.25, 0.3) is 0 Å². The lowest BCUT2D eigenvalue weighted by molar-refractivity contribution is 0.957. The smallest absolute Gasteiger partial charge is 0.243 e. The first-order chi connectivity index (χ1) is 9.08. The summed E-state index contributed by atoms with van der Waals surface area (Å²) in [5, 5.41) is 3.11. The molecule has 0 bridgehead atoms. The zero-order valence-corrected chi connectivity index (χ0v) is 12.7. The summed E-state index contributed by atoms with van der Waals surface area (Å²) >= 11 is 2.25. The molecule has 0 spiro atoms. The van der Waals surface area contributed by atoms with Gasteiger partial charge in [-0.3, -0.25) is 5.43 Å². The fraction of sp³-hybridized carbons (Fsp3) is 0.182. The summed E-state index contributed by atoms with van der Waals surface area (Å²) in [5.41, 5.74) is 3.33. The Balaban J connectivity index is 2.28. The zero-order valence-electron chi connectivity index (χ0n) is 10.6. The SMILES string of the molecule is CN(C)c1nc(NN)nc(Nc2ccc(I)cc2)n1. The molecule has 0 radical (unpaired) electrons. The average molecular weight is 371 g/mol. The van der Waals surface area contributed by atoms with E-state index in [4.69, 9.17) is 5.84 Å². The molecule has 0 aliphatic rings. The van der Waals surface area contributed by atoms with Gasteiger partial charge >= 0.3 is 0 Å². The third kappa shape index (κ3) is 3.64. The van der Waals surface area contributed by atoms with Crippen molar-refractivity contribution >= 4 is 46.1 Å². The van der Waals surface area contributed by atoms with E-state index in [0.29, 0.717) is 17.8 Å². The molecule has 0 unspecified atom stereocenters. The van der Waals surface area contributed by atoms with Crippen molar-refractivity contribution in [1.82, 2.24) is 15.0 Å². The van der Waals surface area contributed by atoms with Gasteiger partial charge < -0.3 is 10.2 Å². The number of nitrogens with one attached hydrogen (secondary N) is 2. The van der Waals surface area contributed by atoms with Crippen LogP contribution in [-0.2, 0) is 0 Å². The Kier molecular flexibility index (Phi) is 4.32. The number of benzene rings is 1. The number of anilines is 4. The summed E-state index contributed by atoms with van der Waals surface area (Å²) in [7, 11) is 3.70. The molecule has 0 saturated carbocycles. The lowest BCUT2D eigenvalue weighted by Crippen LogP contribution is -2.18. The summed E-state index contributed by atoms with van der Waals surface area (Å²) in [4.78, 5) is 14.4. The van der Waals surface area contributed by atoms with Crippen LogP contribution in [0, 0.1) is 3.57 Å². The van der Waals surface area contributed by atoms with Crippen molar-refractivity contribution in [3.8, 4) is 0 Å². The minimum absolute atomic E-state index is 0.312. The molecule has 2 aromatic rings. The van der Waals surface area contributed by atoms with Crippen molar-refractivity contribution in [2.45, 2.75) is 0 Å². The molecule has 0 aliphatic heterocycles. The predicted octanol–water partition coefficient (Wildman–Crippen LogP) is 1.57. The van der Waals surface area contributed by atoms with E-state index in [2.05, 4.69) is 48.3 Å². The fourth-order valence-electron chi connectivity index (χ4n) is 1.35. The van der Waals surface area contributed by atoms with Crippen LogP contribution in [0.25, 0.3) is 0 Å². The van der Waals surface area contributed by atoms with Gasteiger partial charge in [-0.2, -0.15) is 15.0 Å². The molecular weight excluding hydrogens is 357 g/mol. The van der Waals surface area contributed by atoms with Crippen molar-refractivity contribution < 1.29 is 0 Å². The van der Waals surface area contributed by atoms with Crippen LogP contribution >= 0.6 is 22.6 Å². The second-order valence-electron chi connectivity index (χ2n) is 3.95. The normalized spacial score (nSPS) is 10.1. The van der Waals surface area contributed by atoms with Gasteiger partial charge in [0.15, 0.2) is 0 Å². The molecule has 0 amide bonds. The highest BCUT2D eigenvalue weighted by Crippen LogP contribution is 2.17. The Morgan fingerprint density at radius 2 is 1.68 bits per heavy atom. The zero-order chi connectivity index (χ0) is 13.8.